The second kappa shape index (κ2) is 8.34. The number of aromatic nitrogens is 2. The maximum atomic E-state index is 12.9. The van der Waals surface area contributed by atoms with Gasteiger partial charge in [-0.05, 0) is 36.4 Å². The summed E-state index contributed by atoms with van der Waals surface area (Å²) in [4.78, 5) is 7.86. The Balaban J connectivity index is 2.06. The minimum absolute atomic E-state index is 0.0558. The molecule has 0 amide bonds. The van der Waals surface area contributed by atoms with Crippen LogP contribution >= 0.6 is 34.8 Å². The van der Waals surface area contributed by atoms with Crippen molar-refractivity contribution < 1.29 is 13.2 Å². The van der Waals surface area contributed by atoms with E-state index in [1.165, 1.54) is 12.3 Å². The molecule has 28 heavy (non-hydrogen) atoms. The summed E-state index contributed by atoms with van der Waals surface area (Å²) in [5.41, 5.74) is 2.98. The van der Waals surface area contributed by atoms with E-state index in [1.54, 1.807) is 30.5 Å². The fourth-order valence-electron chi connectivity index (χ4n) is 2.22. The number of hydrogen-bond acceptors (Lipinski definition) is 4. The lowest BCUT2D eigenvalue weighted by Crippen LogP contribution is -2.12. The van der Waals surface area contributed by atoms with Crippen LogP contribution in [0.25, 0.3) is 0 Å². The maximum Gasteiger partial charge on any atom is 0.417 e. The Kier molecular flexibility index (Phi) is 6.07. The number of alkyl halides is 3. The summed E-state index contributed by atoms with van der Waals surface area (Å²) in [5, 5.41) is 4.80. The van der Waals surface area contributed by atoms with Gasteiger partial charge in [-0.3, -0.25) is 15.4 Å². The lowest BCUT2D eigenvalue weighted by molar-refractivity contribution is -0.137. The summed E-state index contributed by atoms with van der Waals surface area (Å²) >= 11 is 18.1. The van der Waals surface area contributed by atoms with E-state index in [2.05, 4.69) is 20.5 Å². The quantitative estimate of drug-likeness (QED) is 0.378. The molecule has 2 aromatic heterocycles. The zero-order valence-electron chi connectivity index (χ0n) is 13.8. The number of hydrogen-bond donors (Lipinski definition) is 1. The molecule has 0 aliphatic rings. The number of halogens is 6. The van der Waals surface area contributed by atoms with Crippen LogP contribution in [-0.2, 0) is 6.18 Å². The summed E-state index contributed by atoms with van der Waals surface area (Å²) in [6, 6.07) is 8.86. The van der Waals surface area contributed by atoms with Crippen molar-refractivity contribution in [2.24, 2.45) is 5.10 Å². The first-order chi connectivity index (χ1) is 13.3. The lowest BCUT2D eigenvalue weighted by atomic mass is 10.1. The van der Waals surface area contributed by atoms with Gasteiger partial charge < -0.3 is 0 Å². The second-order valence-corrected chi connectivity index (χ2v) is 6.74. The molecule has 0 saturated heterocycles. The molecule has 0 radical (unpaired) electrons. The summed E-state index contributed by atoms with van der Waals surface area (Å²) in [7, 11) is 0. The Morgan fingerprint density at radius 3 is 2.39 bits per heavy atom. The molecular weight excluding hydrogens is 436 g/mol. The van der Waals surface area contributed by atoms with Crippen molar-refractivity contribution in [3.05, 3.63) is 86.9 Å². The molecule has 3 aromatic rings. The summed E-state index contributed by atoms with van der Waals surface area (Å²) in [5.74, 6) is 0. The Morgan fingerprint density at radius 2 is 1.79 bits per heavy atom. The highest BCUT2D eigenvalue weighted by Crippen LogP contribution is 2.32. The predicted octanol–water partition coefficient (Wildman–Crippen LogP) is 6.32. The molecule has 0 unspecified atom stereocenters. The van der Waals surface area contributed by atoms with Crippen molar-refractivity contribution in [3.8, 4) is 0 Å². The van der Waals surface area contributed by atoms with E-state index in [-0.39, 0.29) is 16.4 Å². The number of pyridine rings is 2. The first kappa shape index (κ1) is 20.4. The molecule has 4 nitrogen and oxygen atoms in total. The van der Waals surface area contributed by atoms with Crippen LogP contribution in [0.1, 0.15) is 16.8 Å². The highest BCUT2D eigenvalue weighted by Gasteiger charge is 2.32. The van der Waals surface area contributed by atoms with Crippen LogP contribution in [0.4, 0.5) is 18.9 Å². The van der Waals surface area contributed by atoms with Crippen molar-refractivity contribution >= 4 is 46.2 Å². The van der Waals surface area contributed by atoms with Crippen LogP contribution in [0.2, 0.25) is 15.1 Å². The number of anilines is 1. The first-order valence-corrected chi connectivity index (χ1v) is 8.81. The Bertz CT molecular complexity index is 1020. The maximum absolute atomic E-state index is 12.9. The molecular formula is C18H10Cl3F3N4. The number of rotatable bonds is 4. The molecule has 0 saturated carbocycles. The molecule has 3 rings (SSSR count). The largest absolute Gasteiger partial charge is 0.417 e. The molecule has 2 heterocycles. The first-order valence-electron chi connectivity index (χ1n) is 7.68. The molecule has 10 heteroatoms. The van der Waals surface area contributed by atoms with Crippen molar-refractivity contribution in [1.29, 1.82) is 0 Å². The summed E-state index contributed by atoms with van der Waals surface area (Å²) in [6.45, 7) is 0. The van der Waals surface area contributed by atoms with Gasteiger partial charge in [0.05, 0.1) is 21.3 Å². The minimum atomic E-state index is -4.56. The normalized spacial score (nSPS) is 12.1. The van der Waals surface area contributed by atoms with Crippen LogP contribution in [0, 0.1) is 0 Å². The van der Waals surface area contributed by atoms with Crippen LogP contribution in [0.3, 0.4) is 0 Å². The van der Waals surface area contributed by atoms with Crippen molar-refractivity contribution in [3.63, 3.8) is 0 Å². The number of hydrazone groups is 1. The third kappa shape index (κ3) is 4.73. The molecule has 0 aliphatic carbocycles. The van der Waals surface area contributed by atoms with Crippen LogP contribution in [0.5, 0.6) is 0 Å². The van der Waals surface area contributed by atoms with E-state index in [1.807, 2.05) is 0 Å². The Hall–Kier alpha value is -2.35. The van der Waals surface area contributed by atoms with Gasteiger partial charge in [-0.2, -0.15) is 18.3 Å². The van der Waals surface area contributed by atoms with E-state index in [9.17, 15) is 13.2 Å². The fourth-order valence-corrected chi connectivity index (χ4v) is 2.93. The van der Waals surface area contributed by atoms with Crippen LogP contribution in [-0.4, -0.2) is 15.7 Å². The van der Waals surface area contributed by atoms with E-state index in [4.69, 9.17) is 34.8 Å². The monoisotopic (exact) mass is 444 g/mol. The molecule has 0 aliphatic heterocycles. The van der Waals surface area contributed by atoms with Gasteiger partial charge in [0, 0.05) is 29.2 Å². The van der Waals surface area contributed by atoms with Crippen molar-refractivity contribution in [1.82, 2.24) is 9.97 Å². The van der Waals surface area contributed by atoms with Gasteiger partial charge in [0.2, 0.25) is 0 Å². The third-order valence-corrected chi connectivity index (χ3v) is 4.38. The van der Waals surface area contributed by atoms with Crippen LogP contribution in [0.15, 0.2) is 60.1 Å². The SMILES string of the molecule is FC(F)(F)c1cnc(/C(=N/Nc2ccc(Cl)cc2Cl)c2cccnc2)c(Cl)c1. The molecule has 1 aromatic carbocycles. The van der Waals surface area contributed by atoms with Crippen molar-refractivity contribution in [2.45, 2.75) is 6.18 Å². The molecule has 0 fully saturated rings. The average Bonchev–Trinajstić information content (AvgIpc) is 2.64. The highest BCUT2D eigenvalue weighted by molar-refractivity contribution is 6.36. The number of nitrogens with zero attached hydrogens (tertiary/aromatic N) is 3. The van der Waals surface area contributed by atoms with Gasteiger partial charge in [-0.15, -0.1) is 0 Å². The zero-order chi connectivity index (χ0) is 20.3. The Labute approximate surface area is 173 Å². The van der Waals surface area contributed by atoms with Gasteiger partial charge in [-0.1, -0.05) is 34.8 Å². The topological polar surface area (TPSA) is 50.2 Å². The Morgan fingerprint density at radius 1 is 1.00 bits per heavy atom. The molecule has 0 bridgehead atoms. The molecule has 0 atom stereocenters. The van der Waals surface area contributed by atoms with E-state index >= 15 is 0 Å². The van der Waals surface area contributed by atoms with Gasteiger partial charge >= 0.3 is 6.18 Å². The second-order valence-electron chi connectivity index (χ2n) is 5.49. The van der Waals surface area contributed by atoms with Gasteiger partial charge in [0.1, 0.15) is 11.4 Å². The molecule has 144 valence electrons. The number of benzene rings is 1. The van der Waals surface area contributed by atoms with Crippen molar-refractivity contribution in [2.75, 3.05) is 5.43 Å². The summed E-state index contributed by atoms with van der Waals surface area (Å²) < 4.78 is 38.7. The highest BCUT2D eigenvalue weighted by atomic mass is 35.5. The average molecular weight is 446 g/mol. The van der Waals surface area contributed by atoms with E-state index in [0.717, 1.165) is 6.07 Å². The van der Waals surface area contributed by atoms with Crippen LogP contribution < -0.4 is 5.43 Å². The van der Waals surface area contributed by atoms with E-state index < -0.39 is 11.7 Å². The zero-order valence-corrected chi connectivity index (χ0v) is 16.1. The van der Waals surface area contributed by atoms with Gasteiger partial charge in [0.15, 0.2) is 0 Å². The van der Waals surface area contributed by atoms with Gasteiger partial charge in [-0.25, -0.2) is 0 Å². The fraction of sp³-hybridized carbons (Fsp3) is 0.0556. The lowest BCUT2D eigenvalue weighted by Gasteiger charge is -2.12. The van der Waals surface area contributed by atoms with Gasteiger partial charge in [0.25, 0.3) is 0 Å². The summed E-state index contributed by atoms with van der Waals surface area (Å²) in [6.07, 6.45) is -0.829. The molecule has 0 spiro atoms. The minimum Gasteiger partial charge on any atom is -0.276 e. The third-order valence-electron chi connectivity index (χ3n) is 3.55. The standard InChI is InChI=1S/C18H10Cl3F3N4/c19-12-3-4-15(13(20)7-12)27-28-16(10-2-1-5-25-8-10)17-14(21)6-11(9-26-17)18(22,23)24/h1-9,27H/b28-16+. The molecule has 1 N–H and O–H groups in total. The number of nitrogens with one attached hydrogen (secondary N) is 1. The van der Waals surface area contributed by atoms with E-state index in [0.29, 0.717) is 27.5 Å². The smallest absolute Gasteiger partial charge is 0.276 e. The predicted molar refractivity (Wildman–Crippen MR) is 104 cm³/mol.